The average Bonchev–Trinajstić information content (AvgIpc) is 3.41. The number of rotatable bonds is 60. The van der Waals surface area contributed by atoms with Gasteiger partial charge in [0.2, 0.25) is 0 Å². The molecule has 0 aromatic heterocycles. The Labute approximate surface area is 486 Å². The summed E-state index contributed by atoms with van der Waals surface area (Å²) in [6.07, 6.45) is 35.6. The first kappa shape index (κ1) is 78.1. The maximum atomic E-state index is 12.9. The predicted molar refractivity (Wildman–Crippen MR) is 317 cm³/mol. The first-order valence-corrected chi connectivity index (χ1v) is 35.0. The second-order valence-electron chi connectivity index (χ2n) is 23.0. The van der Waals surface area contributed by atoms with E-state index in [1.54, 1.807) is 0 Å². The SMILES string of the molecule is CCCCCCCCCC(=O)O[C@H](COC(=O)CCCCCCC)COP(=O)(O)OC[C@H](O)COP(=O)(O)OC[C@@H](COC(=O)CCCCCCCCC(C)C)OC(=O)CCCCCCCCCCCCCCCCCCC(C)C. The van der Waals surface area contributed by atoms with Gasteiger partial charge in [-0.15, -0.1) is 0 Å². The Hall–Kier alpha value is -1.94. The highest BCUT2D eigenvalue weighted by Gasteiger charge is 2.30. The van der Waals surface area contributed by atoms with Crippen molar-refractivity contribution in [1.29, 1.82) is 0 Å². The van der Waals surface area contributed by atoms with Crippen molar-refractivity contribution in [2.45, 2.75) is 317 Å². The van der Waals surface area contributed by atoms with Crippen molar-refractivity contribution in [2.24, 2.45) is 11.8 Å². The van der Waals surface area contributed by atoms with E-state index in [9.17, 15) is 43.2 Å². The summed E-state index contributed by atoms with van der Waals surface area (Å²) in [5.41, 5.74) is 0. The molecule has 17 nitrogen and oxygen atoms in total. The van der Waals surface area contributed by atoms with Crippen LogP contribution in [0.5, 0.6) is 0 Å². The molecule has 0 aliphatic heterocycles. The molecule has 0 radical (unpaired) electrons. The fourth-order valence-corrected chi connectivity index (χ4v) is 10.6. The largest absolute Gasteiger partial charge is 0.472 e. The number of carbonyl (C=O) groups excluding carboxylic acids is 4. The van der Waals surface area contributed by atoms with E-state index in [4.69, 9.17) is 37.0 Å². The second kappa shape index (κ2) is 53.8. The monoisotopic (exact) mass is 1180 g/mol. The summed E-state index contributed by atoms with van der Waals surface area (Å²) >= 11 is 0. The lowest BCUT2D eigenvalue weighted by Gasteiger charge is -2.21. The third-order valence-electron chi connectivity index (χ3n) is 14.0. The molecule has 0 aliphatic rings. The van der Waals surface area contributed by atoms with Crippen LogP contribution in [0.4, 0.5) is 0 Å². The Morgan fingerprint density at radius 3 is 0.850 bits per heavy atom. The zero-order valence-corrected chi connectivity index (χ0v) is 53.2. The molecule has 0 rings (SSSR count). The van der Waals surface area contributed by atoms with Gasteiger partial charge >= 0.3 is 39.5 Å². The summed E-state index contributed by atoms with van der Waals surface area (Å²) in [6.45, 7) is 9.28. The Bertz CT molecular complexity index is 1580. The molecule has 0 aromatic rings. The van der Waals surface area contributed by atoms with Gasteiger partial charge in [-0.2, -0.15) is 0 Å². The van der Waals surface area contributed by atoms with Gasteiger partial charge in [0, 0.05) is 25.7 Å². The summed E-state index contributed by atoms with van der Waals surface area (Å²) < 4.78 is 67.5. The first-order valence-electron chi connectivity index (χ1n) is 32.0. The number of phosphoric acid groups is 2. The van der Waals surface area contributed by atoms with Crippen LogP contribution in [0.1, 0.15) is 298 Å². The maximum Gasteiger partial charge on any atom is 0.472 e. The van der Waals surface area contributed by atoms with E-state index in [0.717, 1.165) is 121 Å². The van der Waals surface area contributed by atoms with Gasteiger partial charge in [0.25, 0.3) is 0 Å². The Morgan fingerprint density at radius 2 is 0.575 bits per heavy atom. The number of unbranched alkanes of at least 4 members (excludes halogenated alkanes) is 30. The lowest BCUT2D eigenvalue weighted by atomic mass is 10.0. The molecule has 19 heteroatoms. The van der Waals surface area contributed by atoms with E-state index in [2.05, 4.69) is 41.5 Å². The molecule has 0 aromatic carbocycles. The van der Waals surface area contributed by atoms with Crippen LogP contribution in [0.15, 0.2) is 0 Å². The van der Waals surface area contributed by atoms with E-state index in [1.165, 1.54) is 89.9 Å². The molecule has 0 spiro atoms. The summed E-state index contributed by atoms with van der Waals surface area (Å²) in [4.78, 5) is 71.6. The highest BCUT2D eigenvalue weighted by Crippen LogP contribution is 2.45. The van der Waals surface area contributed by atoms with Gasteiger partial charge in [0.1, 0.15) is 19.3 Å². The minimum absolute atomic E-state index is 0.102. The zero-order chi connectivity index (χ0) is 59.4. The number of carbonyl (C=O) groups is 4. The highest BCUT2D eigenvalue weighted by atomic mass is 31.2. The van der Waals surface area contributed by atoms with Gasteiger partial charge in [-0.3, -0.25) is 37.3 Å². The smallest absolute Gasteiger partial charge is 0.462 e. The van der Waals surface area contributed by atoms with Crippen LogP contribution >= 0.6 is 15.6 Å². The molecular weight excluding hydrogens is 1070 g/mol. The van der Waals surface area contributed by atoms with Crippen LogP contribution in [0.3, 0.4) is 0 Å². The number of aliphatic hydroxyl groups excluding tert-OH is 1. The summed E-state index contributed by atoms with van der Waals surface area (Å²) in [7, 11) is -9.86. The number of phosphoric ester groups is 2. The quantitative estimate of drug-likeness (QED) is 0.0222. The maximum absolute atomic E-state index is 12.9. The molecule has 5 atom stereocenters. The van der Waals surface area contributed by atoms with Gasteiger partial charge in [0.15, 0.2) is 12.2 Å². The second-order valence-corrected chi connectivity index (χ2v) is 25.9. The van der Waals surface area contributed by atoms with Crippen molar-refractivity contribution in [3.63, 3.8) is 0 Å². The standard InChI is InChI=1S/C61H118O17P2/c1-7-9-11-13-24-33-39-45-60(65)77-56(49-71-58(63)43-37-29-12-10-8-2)51-75-79(67,68)73-47-55(62)48-74-80(69,70)76-52-57(50-72-59(64)44-38-32-28-27-31-36-42-54(5)6)78-61(66)46-40-34-26-23-21-19-17-15-14-16-18-20-22-25-30-35-41-53(3)4/h53-57,62H,7-52H2,1-6H3,(H,67,68)(H,69,70)/t55-,56+,57+/m0/s1. The summed E-state index contributed by atoms with van der Waals surface area (Å²) in [5.74, 6) is -0.667. The molecule has 0 amide bonds. The van der Waals surface area contributed by atoms with Crippen molar-refractivity contribution in [1.82, 2.24) is 0 Å². The number of esters is 4. The minimum Gasteiger partial charge on any atom is -0.462 e. The lowest BCUT2D eigenvalue weighted by Crippen LogP contribution is -2.30. The zero-order valence-electron chi connectivity index (χ0n) is 51.4. The fraction of sp³-hybridized carbons (Fsp3) is 0.934. The Kier molecular flexibility index (Phi) is 52.5. The van der Waals surface area contributed by atoms with Crippen molar-refractivity contribution in [3.05, 3.63) is 0 Å². The molecule has 0 saturated heterocycles. The molecule has 0 heterocycles. The van der Waals surface area contributed by atoms with Crippen LogP contribution in [0, 0.1) is 11.8 Å². The molecule has 2 unspecified atom stereocenters. The number of hydrogen-bond acceptors (Lipinski definition) is 15. The van der Waals surface area contributed by atoms with E-state index in [-0.39, 0.29) is 25.7 Å². The van der Waals surface area contributed by atoms with Gasteiger partial charge < -0.3 is 33.8 Å². The van der Waals surface area contributed by atoms with E-state index in [0.29, 0.717) is 31.6 Å². The van der Waals surface area contributed by atoms with Crippen molar-refractivity contribution < 1.29 is 80.2 Å². The molecule has 474 valence electrons. The van der Waals surface area contributed by atoms with Gasteiger partial charge in [-0.1, -0.05) is 247 Å². The summed E-state index contributed by atoms with van der Waals surface area (Å²) in [6, 6.07) is 0. The Balaban J connectivity index is 5.07. The lowest BCUT2D eigenvalue weighted by molar-refractivity contribution is -0.161. The predicted octanol–water partition coefficient (Wildman–Crippen LogP) is 16.5. The number of aliphatic hydroxyl groups is 1. The van der Waals surface area contributed by atoms with Crippen LogP contribution in [0.2, 0.25) is 0 Å². The molecule has 0 bridgehead atoms. The highest BCUT2D eigenvalue weighted by molar-refractivity contribution is 7.47. The normalized spacial score (nSPS) is 14.4. The van der Waals surface area contributed by atoms with Crippen molar-refractivity contribution >= 4 is 39.5 Å². The summed E-state index contributed by atoms with van der Waals surface area (Å²) in [5, 5.41) is 10.5. The third kappa shape index (κ3) is 55.3. The molecule has 0 aliphatic carbocycles. The first-order chi connectivity index (χ1) is 38.4. The van der Waals surface area contributed by atoms with Gasteiger partial charge in [-0.25, -0.2) is 9.13 Å². The Morgan fingerprint density at radius 1 is 0.338 bits per heavy atom. The number of ether oxygens (including phenoxy) is 4. The van der Waals surface area contributed by atoms with Crippen molar-refractivity contribution in [3.8, 4) is 0 Å². The van der Waals surface area contributed by atoms with Crippen molar-refractivity contribution in [2.75, 3.05) is 39.6 Å². The van der Waals surface area contributed by atoms with Crippen LogP contribution in [0.25, 0.3) is 0 Å². The van der Waals surface area contributed by atoms with E-state index in [1.807, 2.05) is 0 Å². The number of hydrogen-bond donors (Lipinski definition) is 3. The topological polar surface area (TPSA) is 237 Å². The van der Waals surface area contributed by atoms with Crippen LogP contribution in [-0.4, -0.2) is 96.7 Å². The molecule has 3 N–H and O–H groups in total. The molecule has 80 heavy (non-hydrogen) atoms. The third-order valence-corrected chi connectivity index (χ3v) is 15.9. The van der Waals surface area contributed by atoms with Crippen LogP contribution in [-0.2, 0) is 65.4 Å². The fourth-order valence-electron chi connectivity index (χ4n) is 9.00. The van der Waals surface area contributed by atoms with E-state index >= 15 is 0 Å². The minimum atomic E-state index is -4.94. The van der Waals surface area contributed by atoms with E-state index < -0.39 is 97.5 Å². The van der Waals surface area contributed by atoms with Gasteiger partial charge in [0.05, 0.1) is 26.4 Å². The molecular formula is C61H118O17P2. The molecule has 0 fully saturated rings. The van der Waals surface area contributed by atoms with Gasteiger partial charge in [-0.05, 0) is 37.5 Å². The average molecular weight is 1190 g/mol. The van der Waals surface area contributed by atoms with Crippen LogP contribution < -0.4 is 0 Å². The molecule has 0 saturated carbocycles.